The molecule has 0 radical (unpaired) electrons. The van der Waals surface area contributed by atoms with Crippen LogP contribution in [0.15, 0.2) is 42.5 Å². The fourth-order valence-corrected chi connectivity index (χ4v) is 3.31. The molecule has 0 spiro atoms. The number of amides is 3. The first-order valence-corrected chi connectivity index (χ1v) is 10.4. The number of rotatable bonds is 7. The SMILES string of the molecule is CC(C)NC(=O)Nc1ccc(CNC(=O)c2cc([N+](=O)[O-])ccc2N2CCOCC2)cc1. The van der Waals surface area contributed by atoms with Crippen LogP contribution in [0.1, 0.15) is 29.8 Å². The Labute approximate surface area is 186 Å². The minimum Gasteiger partial charge on any atom is -0.378 e. The van der Waals surface area contributed by atoms with Gasteiger partial charge in [0.05, 0.1) is 29.4 Å². The molecule has 0 atom stereocenters. The molecule has 2 aromatic carbocycles. The van der Waals surface area contributed by atoms with Crippen LogP contribution in [0.25, 0.3) is 0 Å². The van der Waals surface area contributed by atoms with E-state index in [1.165, 1.54) is 12.1 Å². The maximum atomic E-state index is 12.9. The minimum atomic E-state index is -0.513. The molecule has 10 heteroatoms. The molecule has 3 amide bonds. The molecule has 1 saturated heterocycles. The molecule has 0 unspecified atom stereocenters. The van der Waals surface area contributed by atoms with Gasteiger partial charge < -0.3 is 25.6 Å². The van der Waals surface area contributed by atoms with Gasteiger partial charge in [0.1, 0.15) is 0 Å². The monoisotopic (exact) mass is 441 g/mol. The van der Waals surface area contributed by atoms with Crippen molar-refractivity contribution in [1.29, 1.82) is 0 Å². The molecule has 1 fully saturated rings. The molecule has 3 N–H and O–H groups in total. The van der Waals surface area contributed by atoms with Gasteiger partial charge in [-0.3, -0.25) is 14.9 Å². The fraction of sp³-hybridized carbons (Fsp3) is 0.364. The zero-order chi connectivity index (χ0) is 23.1. The number of nitro groups is 1. The lowest BCUT2D eigenvalue weighted by molar-refractivity contribution is -0.384. The highest BCUT2D eigenvalue weighted by molar-refractivity contribution is 6.00. The van der Waals surface area contributed by atoms with E-state index in [9.17, 15) is 19.7 Å². The van der Waals surface area contributed by atoms with Crippen LogP contribution in [-0.4, -0.2) is 49.2 Å². The van der Waals surface area contributed by atoms with Crippen LogP contribution in [0.3, 0.4) is 0 Å². The first kappa shape index (κ1) is 23.0. The van der Waals surface area contributed by atoms with E-state index < -0.39 is 10.8 Å². The number of anilines is 2. The summed E-state index contributed by atoms with van der Waals surface area (Å²) in [6.45, 7) is 6.27. The smallest absolute Gasteiger partial charge is 0.319 e. The summed E-state index contributed by atoms with van der Waals surface area (Å²) < 4.78 is 5.36. The Hall–Kier alpha value is -3.66. The Morgan fingerprint density at radius 1 is 1.12 bits per heavy atom. The number of hydrogen-bond donors (Lipinski definition) is 3. The molecule has 1 aliphatic heterocycles. The number of nitro benzene ring substituents is 1. The second-order valence-electron chi connectivity index (χ2n) is 7.69. The van der Waals surface area contributed by atoms with Crippen molar-refractivity contribution in [2.45, 2.75) is 26.4 Å². The largest absolute Gasteiger partial charge is 0.378 e. The lowest BCUT2D eigenvalue weighted by atomic mass is 10.1. The van der Waals surface area contributed by atoms with Gasteiger partial charge in [-0.1, -0.05) is 12.1 Å². The predicted molar refractivity (Wildman–Crippen MR) is 121 cm³/mol. The normalized spacial score (nSPS) is 13.5. The first-order chi connectivity index (χ1) is 15.3. The topological polar surface area (TPSA) is 126 Å². The van der Waals surface area contributed by atoms with Crippen LogP contribution in [0.5, 0.6) is 0 Å². The molecule has 1 heterocycles. The summed E-state index contributed by atoms with van der Waals surface area (Å²) >= 11 is 0. The molecule has 10 nitrogen and oxygen atoms in total. The lowest BCUT2D eigenvalue weighted by Crippen LogP contribution is -2.38. The Morgan fingerprint density at radius 2 is 1.81 bits per heavy atom. The van der Waals surface area contributed by atoms with Crippen LogP contribution < -0.4 is 20.9 Å². The second-order valence-corrected chi connectivity index (χ2v) is 7.69. The van der Waals surface area contributed by atoms with Crippen molar-refractivity contribution in [2.24, 2.45) is 0 Å². The number of carbonyl (C=O) groups excluding carboxylic acids is 2. The van der Waals surface area contributed by atoms with Crippen LogP contribution >= 0.6 is 0 Å². The van der Waals surface area contributed by atoms with Crippen molar-refractivity contribution in [3.63, 3.8) is 0 Å². The summed E-state index contributed by atoms with van der Waals surface area (Å²) in [5, 5.41) is 19.5. The average Bonchev–Trinajstić information content (AvgIpc) is 2.78. The number of urea groups is 1. The van der Waals surface area contributed by atoms with Crippen molar-refractivity contribution in [3.05, 3.63) is 63.7 Å². The van der Waals surface area contributed by atoms with Crippen LogP contribution in [0.2, 0.25) is 0 Å². The number of benzene rings is 2. The number of ether oxygens (including phenoxy) is 1. The second kappa shape index (κ2) is 10.6. The maximum absolute atomic E-state index is 12.9. The van der Waals surface area contributed by atoms with Gasteiger partial charge in [-0.25, -0.2) is 4.79 Å². The summed E-state index contributed by atoms with van der Waals surface area (Å²) in [6, 6.07) is 11.1. The third kappa shape index (κ3) is 6.17. The number of morpholine rings is 1. The average molecular weight is 441 g/mol. The van der Waals surface area contributed by atoms with E-state index in [-0.39, 0.29) is 29.9 Å². The van der Waals surface area contributed by atoms with E-state index in [0.717, 1.165) is 5.56 Å². The highest BCUT2D eigenvalue weighted by atomic mass is 16.6. The van der Waals surface area contributed by atoms with Crippen LogP contribution in [0.4, 0.5) is 21.9 Å². The van der Waals surface area contributed by atoms with E-state index in [1.807, 2.05) is 18.7 Å². The molecule has 0 aliphatic carbocycles. The first-order valence-electron chi connectivity index (χ1n) is 10.4. The van der Waals surface area contributed by atoms with Gasteiger partial charge in [0, 0.05) is 43.5 Å². The number of nitrogens with one attached hydrogen (secondary N) is 3. The van der Waals surface area contributed by atoms with Gasteiger partial charge in [-0.15, -0.1) is 0 Å². The van der Waals surface area contributed by atoms with Gasteiger partial charge in [0.15, 0.2) is 0 Å². The summed E-state index contributed by atoms with van der Waals surface area (Å²) in [7, 11) is 0. The van der Waals surface area contributed by atoms with Gasteiger partial charge in [-0.05, 0) is 37.6 Å². The van der Waals surface area contributed by atoms with Gasteiger partial charge >= 0.3 is 6.03 Å². The molecular formula is C22H27N5O5. The Kier molecular flexibility index (Phi) is 7.61. The van der Waals surface area contributed by atoms with E-state index in [4.69, 9.17) is 4.74 Å². The number of carbonyl (C=O) groups is 2. The van der Waals surface area contributed by atoms with E-state index in [1.54, 1.807) is 30.3 Å². The van der Waals surface area contributed by atoms with E-state index >= 15 is 0 Å². The Morgan fingerprint density at radius 3 is 2.44 bits per heavy atom. The number of nitrogens with zero attached hydrogens (tertiary/aromatic N) is 2. The van der Waals surface area contributed by atoms with Crippen LogP contribution in [-0.2, 0) is 11.3 Å². The van der Waals surface area contributed by atoms with Gasteiger partial charge in [-0.2, -0.15) is 0 Å². The highest BCUT2D eigenvalue weighted by Gasteiger charge is 2.22. The number of hydrogen-bond acceptors (Lipinski definition) is 6. The summed E-state index contributed by atoms with van der Waals surface area (Å²) in [5.41, 5.74) is 2.22. The standard InChI is InChI=1S/C22H27N5O5/c1-15(2)24-22(29)25-17-5-3-16(4-6-17)14-23-21(28)19-13-18(27(30)31)7-8-20(19)26-9-11-32-12-10-26/h3-8,13,15H,9-12,14H2,1-2H3,(H,23,28)(H2,24,25,29). The van der Waals surface area contributed by atoms with E-state index in [2.05, 4.69) is 16.0 Å². The molecule has 32 heavy (non-hydrogen) atoms. The summed E-state index contributed by atoms with van der Waals surface area (Å²) in [4.78, 5) is 37.4. The van der Waals surface area contributed by atoms with Crippen molar-refractivity contribution < 1.29 is 19.2 Å². The zero-order valence-corrected chi connectivity index (χ0v) is 18.1. The molecule has 0 bridgehead atoms. The third-order valence-corrected chi connectivity index (χ3v) is 4.87. The predicted octanol–water partition coefficient (Wildman–Crippen LogP) is 2.89. The number of non-ortho nitro benzene ring substituents is 1. The minimum absolute atomic E-state index is 0.0284. The van der Waals surface area contributed by atoms with Crippen molar-refractivity contribution in [1.82, 2.24) is 10.6 Å². The molecular weight excluding hydrogens is 414 g/mol. The Bertz CT molecular complexity index is 971. The van der Waals surface area contributed by atoms with Crippen molar-refractivity contribution in [2.75, 3.05) is 36.5 Å². The zero-order valence-electron chi connectivity index (χ0n) is 18.1. The summed E-state index contributed by atoms with van der Waals surface area (Å²) in [6.07, 6.45) is 0. The van der Waals surface area contributed by atoms with Crippen molar-refractivity contribution >= 4 is 29.0 Å². The molecule has 1 aliphatic rings. The van der Waals surface area contributed by atoms with E-state index in [0.29, 0.717) is 37.7 Å². The van der Waals surface area contributed by atoms with Gasteiger partial charge in [0.2, 0.25) is 0 Å². The lowest BCUT2D eigenvalue weighted by Gasteiger charge is -2.30. The molecule has 0 aromatic heterocycles. The third-order valence-electron chi connectivity index (χ3n) is 4.87. The fourth-order valence-electron chi connectivity index (χ4n) is 3.31. The molecule has 2 aromatic rings. The maximum Gasteiger partial charge on any atom is 0.319 e. The molecule has 170 valence electrons. The highest BCUT2D eigenvalue weighted by Crippen LogP contribution is 2.26. The molecule has 3 rings (SSSR count). The molecule has 0 saturated carbocycles. The van der Waals surface area contributed by atoms with Gasteiger partial charge in [0.25, 0.3) is 11.6 Å². The Balaban J connectivity index is 1.68. The van der Waals surface area contributed by atoms with Crippen molar-refractivity contribution in [3.8, 4) is 0 Å². The quantitative estimate of drug-likeness (QED) is 0.448. The summed E-state index contributed by atoms with van der Waals surface area (Å²) in [5.74, 6) is -0.395. The van der Waals surface area contributed by atoms with Crippen LogP contribution in [0, 0.1) is 10.1 Å².